The van der Waals surface area contributed by atoms with Gasteiger partial charge in [-0.3, -0.25) is 0 Å². The van der Waals surface area contributed by atoms with Crippen LogP contribution in [0, 0.1) is 0 Å². The molecule has 0 unspecified atom stereocenters. The van der Waals surface area contributed by atoms with Gasteiger partial charge >= 0.3 is 0 Å². The molecule has 1 rings (SSSR count). The molecular weight excluding hydrogens is 104 g/mol. The van der Waals surface area contributed by atoms with E-state index in [2.05, 4.69) is 10.5 Å². The van der Waals surface area contributed by atoms with Crippen LogP contribution < -0.4 is 5.43 Å². The van der Waals surface area contributed by atoms with Crippen molar-refractivity contribution in [2.24, 2.45) is 5.10 Å². The van der Waals surface area contributed by atoms with Gasteiger partial charge in [-0.15, -0.1) is 0 Å². The molecule has 3 heteroatoms. The molecule has 0 spiro atoms. The van der Waals surface area contributed by atoms with Gasteiger partial charge in [0, 0.05) is 18.7 Å². The quantitative estimate of drug-likeness (QED) is 0.487. The summed E-state index contributed by atoms with van der Waals surface area (Å²) in [6.07, 6.45) is 1.12. The van der Waals surface area contributed by atoms with Gasteiger partial charge in [0.25, 0.3) is 0 Å². The predicted octanol–water partition coefficient (Wildman–Crippen LogP) is 0.171. The number of rotatable bonds is 0. The number of carbonyl (C=O) groups is 1. The summed E-state index contributed by atoms with van der Waals surface area (Å²) in [6, 6.07) is 0. The fraction of sp³-hybridized carbons (Fsp3) is 0.600. The topological polar surface area (TPSA) is 41.5 Å². The number of nitrogens with zero attached hydrogens (tertiary/aromatic N) is 1. The molecule has 0 saturated heterocycles. The average Bonchev–Trinajstić information content (AvgIpc) is 2.24. The number of hydrogen-bond acceptors (Lipinski definition) is 3. The van der Waals surface area contributed by atoms with E-state index in [0.29, 0.717) is 0 Å². The molecule has 1 aliphatic heterocycles. The zero-order valence-electron chi connectivity index (χ0n) is 4.98. The Bertz CT molecular complexity index is 90.4. The van der Waals surface area contributed by atoms with E-state index < -0.39 is 0 Å². The molecule has 46 valence electrons. The third-order valence-corrected chi connectivity index (χ3v) is 0.869. The molecule has 0 saturated carbocycles. The van der Waals surface area contributed by atoms with E-state index >= 15 is 0 Å². The Hall–Kier alpha value is -0.860. The van der Waals surface area contributed by atoms with E-state index in [9.17, 15) is 0 Å². The first kappa shape index (κ1) is 7.14. The molecule has 0 aromatic rings. The number of nitrogens with one attached hydrogen (secondary N) is 1. The molecule has 0 atom stereocenters. The number of hydrogen-bond donors (Lipinski definition) is 1. The molecule has 0 aromatic carbocycles. The molecular formula is C5H10N2O. The summed E-state index contributed by atoms with van der Waals surface area (Å²) in [5.41, 5.74) is 4.08. The van der Waals surface area contributed by atoms with E-state index in [1.165, 1.54) is 5.71 Å². The van der Waals surface area contributed by atoms with E-state index in [1.54, 1.807) is 0 Å². The Kier molecular flexibility index (Phi) is 3.84. The van der Waals surface area contributed by atoms with Gasteiger partial charge in [0.15, 0.2) is 0 Å². The van der Waals surface area contributed by atoms with Crippen molar-refractivity contribution in [1.29, 1.82) is 0 Å². The largest absolute Gasteiger partial charge is 0.310 e. The van der Waals surface area contributed by atoms with Gasteiger partial charge in [-0.1, -0.05) is 0 Å². The zero-order valence-corrected chi connectivity index (χ0v) is 4.98. The van der Waals surface area contributed by atoms with E-state index in [1.807, 2.05) is 13.7 Å². The summed E-state index contributed by atoms with van der Waals surface area (Å²) in [7, 11) is 0. The van der Waals surface area contributed by atoms with Crippen LogP contribution in [0.4, 0.5) is 0 Å². The number of hydrazone groups is 1. The lowest BCUT2D eigenvalue weighted by atomic mass is 10.3. The Morgan fingerprint density at radius 1 is 1.75 bits per heavy atom. The van der Waals surface area contributed by atoms with Gasteiger partial charge in [-0.25, -0.2) is 0 Å². The van der Waals surface area contributed by atoms with Crippen LogP contribution in [0.25, 0.3) is 0 Å². The van der Waals surface area contributed by atoms with E-state index in [0.717, 1.165) is 13.0 Å². The van der Waals surface area contributed by atoms with Gasteiger partial charge in [0.1, 0.15) is 6.79 Å². The maximum Gasteiger partial charge on any atom is 0.106 e. The summed E-state index contributed by atoms with van der Waals surface area (Å²) in [4.78, 5) is 8.00. The lowest BCUT2D eigenvalue weighted by molar-refractivity contribution is -0.0979. The fourth-order valence-electron chi connectivity index (χ4n) is 0.484. The van der Waals surface area contributed by atoms with Crippen LogP contribution in [-0.4, -0.2) is 19.0 Å². The van der Waals surface area contributed by atoms with Crippen LogP contribution in [0.15, 0.2) is 5.10 Å². The molecule has 1 heterocycles. The number of carbonyl (C=O) groups excluding carboxylic acids is 1. The second kappa shape index (κ2) is 4.30. The van der Waals surface area contributed by atoms with Gasteiger partial charge in [0.2, 0.25) is 0 Å². The second-order valence-corrected chi connectivity index (χ2v) is 1.51. The molecule has 8 heavy (non-hydrogen) atoms. The van der Waals surface area contributed by atoms with Crippen molar-refractivity contribution in [2.75, 3.05) is 6.54 Å². The normalized spacial score (nSPS) is 15.4. The first-order valence-corrected chi connectivity index (χ1v) is 2.44. The molecule has 3 nitrogen and oxygen atoms in total. The second-order valence-electron chi connectivity index (χ2n) is 1.51. The molecule has 0 aliphatic carbocycles. The molecule has 1 aliphatic rings. The molecule has 0 fully saturated rings. The van der Waals surface area contributed by atoms with Gasteiger partial charge in [-0.2, -0.15) is 5.10 Å². The highest BCUT2D eigenvalue weighted by Gasteiger charge is 1.95. The fourth-order valence-corrected chi connectivity index (χ4v) is 0.484. The van der Waals surface area contributed by atoms with Crippen molar-refractivity contribution >= 4 is 12.5 Å². The van der Waals surface area contributed by atoms with E-state index in [-0.39, 0.29) is 0 Å². The lowest BCUT2D eigenvalue weighted by Gasteiger charge is -1.76. The average molecular weight is 114 g/mol. The minimum Gasteiger partial charge on any atom is -0.310 e. The smallest absolute Gasteiger partial charge is 0.106 e. The third-order valence-electron chi connectivity index (χ3n) is 0.869. The highest BCUT2D eigenvalue weighted by Crippen LogP contribution is 1.88. The molecule has 1 N–H and O–H groups in total. The van der Waals surface area contributed by atoms with Crippen molar-refractivity contribution in [3.05, 3.63) is 0 Å². The summed E-state index contributed by atoms with van der Waals surface area (Å²) >= 11 is 0. The lowest BCUT2D eigenvalue weighted by Crippen LogP contribution is -1.96. The minimum atomic E-state index is 1.03. The van der Waals surface area contributed by atoms with Crippen LogP contribution in [-0.2, 0) is 4.79 Å². The third kappa shape index (κ3) is 2.34. The minimum absolute atomic E-state index is 1.03. The van der Waals surface area contributed by atoms with Crippen molar-refractivity contribution < 1.29 is 4.79 Å². The Labute approximate surface area is 48.8 Å². The van der Waals surface area contributed by atoms with E-state index in [4.69, 9.17) is 4.79 Å². The van der Waals surface area contributed by atoms with Gasteiger partial charge in [0.05, 0.1) is 0 Å². The SMILES string of the molecule is C=O.CC1=NNCC1. The first-order chi connectivity index (χ1) is 3.89. The Morgan fingerprint density at radius 2 is 2.38 bits per heavy atom. The molecule has 0 aromatic heterocycles. The van der Waals surface area contributed by atoms with Crippen molar-refractivity contribution in [1.82, 2.24) is 5.43 Å². The zero-order chi connectivity index (χ0) is 6.41. The van der Waals surface area contributed by atoms with Crippen LogP contribution in [0.5, 0.6) is 0 Å². The summed E-state index contributed by atoms with van der Waals surface area (Å²) in [5, 5.41) is 3.90. The van der Waals surface area contributed by atoms with Crippen molar-refractivity contribution in [3.63, 3.8) is 0 Å². The maximum absolute atomic E-state index is 8.00. The van der Waals surface area contributed by atoms with Crippen LogP contribution in [0.1, 0.15) is 13.3 Å². The Balaban J connectivity index is 0.000000222. The maximum atomic E-state index is 8.00. The van der Waals surface area contributed by atoms with Crippen LogP contribution >= 0.6 is 0 Å². The predicted molar refractivity (Wildman–Crippen MR) is 32.8 cm³/mol. The summed E-state index contributed by atoms with van der Waals surface area (Å²) in [5.74, 6) is 0. The summed E-state index contributed by atoms with van der Waals surface area (Å²) < 4.78 is 0. The van der Waals surface area contributed by atoms with Gasteiger partial charge in [-0.05, 0) is 6.92 Å². The highest BCUT2D eigenvalue weighted by atomic mass is 16.1. The van der Waals surface area contributed by atoms with Crippen molar-refractivity contribution in [3.8, 4) is 0 Å². The highest BCUT2D eigenvalue weighted by molar-refractivity contribution is 5.82. The van der Waals surface area contributed by atoms with Gasteiger partial charge < -0.3 is 10.2 Å². The monoisotopic (exact) mass is 114 g/mol. The molecule has 0 amide bonds. The van der Waals surface area contributed by atoms with Crippen LogP contribution in [0.2, 0.25) is 0 Å². The standard InChI is InChI=1S/C4H8N2.CH2O/c1-4-2-3-5-6-4;1-2/h5H,2-3H2,1H3;1H2. The summed E-state index contributed by atoms with van der Waals surface area (Å²) in [6.45, 7) is 5.06. The van der Waals surface area contributed by atoms with Crippen molar-refractivity contribution in [2.45, 2.75) is 13.3 Å². The van der Waals surface area contributed by atoms with Crippen LogP contribution in [0.3, 0.4) is 0 Å². The Morgan fingerprint density at radius 3 is 2.50 bits per heavy atom. The molecule has 0 radical (unpaired) electrons. The first-order valence-electron chi connectivity index (χ1n) is 2.44. The molecule has 0 bridgehead atoms.